The van der Waals surface area contributed by atoms with E-state index in [0.29, 0.717) is 16.3 Å². The number of aromatic amines is 1. The first kappa shape index (κ1) is 19.3. The Labute approximate surface area is 164 Å². The Kier molecular flexibility index (Phi) is 5.73. The van der Waals surface area contributed by atoms with Crippen LogP contribution in [0.15, 0.2) is 36.4 Å². The van der Waals surface area contributed by atoms with Crippen LogP contribution < -0.4 is 10.1 Å². The number of aromatic nitrogens is 1. The van der Waals surface area contributed by atoms with Gasteiger partial charge in [-0.05, 0) is 69.4 Å². The largest absolute Gasteiger partial charge is 0.496 e. The van der Waals surface area contributed by atoms with Crippen LogP contribution in [0.2, 0.25) is 5.02 Å². The lowest BCUT2D eigenvalue weighted by Crippen LogP contribution is -2.15. The third-order valence-corrected chi connectivity index (χ3v) is 4.83. The van der Waals surface area contributed by atoms with Gasteiger partial charge in [-0.2, -0.15) is 0 Å². The molecule has 2 aromatic carbocycles. The number of halogens is 1. The first-order valence-electron chi connectivity index (χ1n) is 8.80. The van der Waals surface area contributed by atoms with Crippen LogP contribution in [-0.2, 0) is 6.42 Å². The lowest BCUT2D eigenvalue weighted by atomic mass is 10.1. The molecule has 1 aromatic heterocycles. The standard InChI is InChI=1S/C21H24ClN3O2/c1-13-16(9-10-25(2)3)18-12-15(6-8-19(18)23-13)24-21(26)17-7-5-14(22)11-20(17)27-4/h5-8,11-12,23H,9-10H2,1-4H3,(H,24,26). The Bertz CT molecular complexity index is 979. The van der Waals surface area contributed by atoms with Gasteiger partial charge in [0, 0.05) is 33.9 Å². The van der Waals surface area contributed by atoms with Gasteiger partial charge in [0.25, 0.3) is 5.91 Å². The lowest BCUT2D eigenvalue weighted by Gasteiger charge is -2.11. The maximum atomic E-state index is 12.7. The SMILES string of the molecule is COc1cc(Cl)ccc1C(=O)Nc1ccc2[nH]c(C)c(CCN(C)C)c2c1. The van der Waals surface area contributed by atoms with Gasteiger partial charge in [0.1, 0.15) is 5.75 Å². The summed E-state index contributed by atoms with van der Waals surface area (Å²) in [6.07, 6.45) is 0.946. The Hall–Kier alpha value is -2.50. The van der Waals surface area contributed by atoms with Crippen molar-refractivity contribution >= 4 is 34.1 Å². The second-order valence-electron chi connectivity index (χ2n) is 6.84. The molecule has 0 atom stereocenters. The summed E-state index contributed by atoms with van der Waals surface area (Å²) >= 11 is 5.98. The van der Waals surface area contributed by atoms with Crippen LogP contribution in [0, 0.1) is 6.92 Å². The van der Waals surface area contributed by atoms with Crippen LogP contribution >= 0.6 is 11.6 Å². The summed E-state index contributed by atoms with van der Waals surface area (Å²) in [5.74, 6) is 0.218. The molecule has 0 spiro atoms. The number of aryl methyl sites for hydroxylation is 1. The monoisotopic (exact) mass is 385 g/mol. The van der Waals surface area contributed by atoms with Crippen LogP contribution in [0.3, 0.4) is 0 Å². The zero-order chi connectivity index (χ0) is 19.6. The minimum atomic E-state index is -0.232. The Morgan fingerprint density at radius 1 is 1.22 bits per heavy atom. The zero-order valence-corrected chi connectivity index (χ0v) is 16.8. The van der Waals surface area contributed by atoms with Crippen LogP contribution in [0.1, 0.15) is 21.6 Å². The predicted molar refractivity (Wildman–Crippen MR) is 111 cm³/mol. The molecule has 142 valence electrons. The van der Waals surface area contributed by atoms with E-state index in [4.69, 9.17) is 16.3 Å². The maximum absolute atomic E-state index is 12.7. The van der Waals surface area contributed by atoms with E-state index in [1.807, 2.05) is 18.2 Å². The summed E-state index contributed by atoms with van der Waals surface area (Å²) in [7, 11) is 5.65. The molecule has 0 saturated carbocycles. The van der Waals surface area contributed by atoms with Crippen molar-refractivity contribution in [3.8, 4) is 5.75 Å². The van der Waals surface area contributed by atoms with Crippen molar-refractivity contribution in [2.24, 2.45) is 0 Å². The molecule has 27 heavy (non-hydrogen) atoms. The highest BCUT2D eigenvalue weighted by Crippen LogP contribution is 2.28. The molecule has 5 nitrogen and oxygen atoms in total. The minimum Gasteiger partial charge on any atom is -0.496 e. The van der Waals surface area contributed by atoms with Gasteiger partial charge in [0.2, 0.25) is 0 Å². The van der Waals surface area contributed by atoms with Crippen LogP contribution in [-0.4, -0.2) is 43.5 Å². The van der Waals surface area contributed by atoms with Crippen molar-refractivity contribution in [2.75, 3.05) is 33.1 Å². The molecule has 1 amide bonds. The van der Waals surface area contributed by atoms with E-state index in [9.17, 15) is 4.79 Å². The Morgan fingerprint density at radius 2 is 2.00 bits per heavy atom. The highest BCUT2D eigenvalue weighted by atomic mass is 35.5. The third-order valence-electron chi connectivity index (χ3n) is 4.59. The number of hydrogen-bond donors (Lipinski definition) is 2. The minimum absolute atomic E-state index is 0.232. The summed E-state index contributed by atoms with van der Waals surface area (Å²) in [4.78, 5) is 18.3. The zero-order valence-electron chi connectivity index (χ0n) is 16.0. The van der Waals surface area contributed by atoms with E-state index in [-0.39, 0.29) is 5.91 Å². The summed E-state index contributed by atoms with van der Waals surface area (Å²) in [6, 6.07) is 10.9. The second-order valence-corrected chi connectivity index (χ2v) is 7.28. The fourth-order valence-corrected chi connectivity index (χ4v) is 3.33. The summed E-state index contributed by atoms with van der Waals surface area (Å²) < 4.78 is 5.28. The van der Waals surface area contributed by atoms with Crippen LogP contribution in [0.4, 0.5) is 5.69 Å². The van der Waals surface area contributed by atoms with E-state index in [1.165, 1.54) is 12.7 Å². The number of methoxy groups -OCH3 is 1. The number of carbonyl (C=O) groups excluding carboxylic acids is 1. The number of hydrogen-bond acceptors (Lipinski definition) is 3. The fraction of sp³-hybridized carbons (Fsp3) is 0.286. The van der Waals surface area contributed by atoms with Gasteiger partial charge in [-0.3, -0.25) is 4.79 Å². The van der Waals surface area contributed by atoms with Gasteiger partial charge in [0.15, 0.2) is 0 Å². The molecule has 0 bridgehead atoms. The lowest BCUT2D eigenvalue weighted by molar-refractivity contribution is 0.102. The third kappa shape index (κ3) is 4.26. The first-order valence-corrected chi connectivity index (χ1v) is 9.17. The maximum Gasteiger partial charge on any atom is 0.259 e. The molecule has 0 aliphatic carbocycles. The number of benzene rings is 2. The number of nitrogens with one attached hydrogen (secondary N) is 2. The molecule has 0 aliphatic heterocycles. The number of nitrogens with zero attached hydrogens (tertiary/aromatic N) is 1. The van der Waals surface area contributed by atoms with E-state index >= 15 is 0 Å². The second kappa shape index (κ2) is 8.03. The van der Waals surface area contributed by atoms with Crippen molar-refractivity contribution < 1.29 is 9.53 Å². The summed E-state index contributed by atoms with van der Waals surface area (Å²) in [6.45, 7) is 3.05. The topological polar surface area (TPSA) is 57.4 Å². The van der Waals surface area contributed by atoms with Crippen molar-refractivity contribution in [1.29, 1.82) is 0 Å². The number of likely N-dealkylation sites (N-methyl/N-ethyl adjacent to an activating group) is 1. The fourth-order valence-electron chi connectivity index (χ4n) is 3.17. The molecule has 0 unspecified atom stereocenters. The van der Waals surface area contributed by atoms with Crippen LogP contribution in [0.25, 0.3) is 10.9 Å². The van der Waals surface area contributed by atoms with Gasteiger partial charge < -0.3 is 19.9 Å². The molecule has 1 heterocycles. The predicted octanol–water partition coefficient (Wildman–Crippen LogP) is 4.49. The first-order chi connectivity index (χ1) is 12.9. The number of anilines is 1. The summed E-state index contributed by atoms with van der Waals surface area (Å²) in [5.41, 5.74) is 4.70. The van der Waals surface area contributed by atoms with Crippen molar-refractivity contribution in [2.45, 2.75) is 13.3 Å². The van der Waals surface area contributed by atoms with Crippen LogP contribution in [0.5, 0.6) is 5.75 Å². The quantitative estimate of drug-likeness (QED) is 0.657. The molecule has 3 aromatic rings. The molecule has 0 saturated heterocycles. The molecule has 3 rings (SSSR count). The molecule has 6 heteroatoms. The van der Waals surface area contributed by atoms with Crippen molar-refractivity contribution in [3.63, 3.8) is 0 Å². The smallest absolute Gasteiger partial charge is 0.259 e. The number of H-pyrrole nitrogens is 1. The van der Waals surface area contributed by atoms with E-state index in [0.717, 1.165) is 35.2 Å². The molecular formula is C21H24ClN3O2. The highest BCUT2D eigenvalue weighted by Gasteiger charge is 2.14. The van der Waals surface area contributed by atoms with Crippen molar-refractivity contribution in [3.05, 3.63) is 58.2 Å². The van der Waals surface area contributed by atoms with Gasteiger partial charge in [-0.15, -0.1) is 0 Å². The van der Waals surface area contributed by atoms with Crippen molar-refractivity contribution in [1.82, 2.24) is 9.88 Å². The average Bonchev–Trinajstić information content (AvgIpc) is 2.94. The molecule has 0 radical (unpaired) electrons. The van der Waals surface area contributed by atoms with Gasteiger partial charge in [0.05, 0.1) is 12.7 Å². The Balaban J connectivity index is 1.89. The summed E-state index contributed by atoms with van der Waals surface area (Å²) in [5, 5.41) is 4.62. The van der Waals surface area contributed by atoms with Gasteiger partial charge in [-0.1, -0.05) is 11.6 Å². The molecule has 2 N–H and O–H groups in total. The van der Waals surface area contributed by atoms with E-state index < -0.39 is 0 Å². The van der Waals surface area contributed by atoms with E-state index in [2.05, 4.69) is 36.2 Å². The number of fused-ring (bicyclic) bond motifs is 1. The number of amides is 1. The van der Waals surface area contributed by atoms with E-state index in [1.54, 1.807) is 18.2 Å². The molecule has 0 fully saturated rings. The normalized spacial score (nSPS) is 11.2. The highest BCUT2D eigenvalue weighted by molar-refractivity contribution is 6.31. The molecular weight excluding hydrogens is 362 g/mol. The van der Waals surface area contributed by atoms with Gasteiger partial charge in [-0.25, -0.2) is 0 Å². The number of ether oxygens (including phenoxy) is 1. The molecule has 0 aliphatic rings. The Morgan fingerprint density at radius 3 is 2.70 bits per heavy atom. The average molecular weight is 386 g/mol. The number of rotatable bonds is 6. The van der Waals surface area contributed by atoms with Gasteiger partial charge >= 0.3 is 0 Å². The number of carbonyl (C=O) groups is 1.